The van der Waals surface area contributed by atoms with Crippen LogP contribution in [0.25, 0.3) is 0 Å². The molecule has 1 N–H and O–H groups in total. The van der Waals surface area contributed by atoms with Gasteiger partial charge in [0.2, 0.25) is 5.91 Å². The van der Waals surface area contributed by atoms with Crippen molar-refractivity contribution >= 4 is 17.6 Å². The molecule has 1 aromatic carbocycles. The Morgan fingerprint density at radius 3 is 2.76 bits per heavy atom. The normalized spacial score (nSPS) is 13.5. The van der Waals surface area contributed by atoms with Crippen LogP contribution in [0.15, 0.2) is 24.3 Å². The molecular formula is C16H22N2O3. The standard InChI is InChI=1S/C16H22N2O3/c1-2-9-17(12-16(20)21)10-8-15(19)18-11-7-13-5-3-4-6-14(13)18/h3-6H,2,7-12H2,1H3,(H,20,21). The third-order valence-corrected chi connectivity index (χ3v) is 3.73. The first-order chi connectivity index (χ1) is 10.1. The summed E-state index contributed by atoms with van der Waals surface area (Å²) in [5.41, 5.74) is 2.21. The maximum atomic E-state index is 12.4. The lowest BCUT2D eigenvalue weighted by atomic mass is 10.2. The average Bonchev–Trinajstić information content (AvgIpc) is 2.88. The number of benzene rings is 1. The summed E-state index contributed by atoms with van der Waals surface area (Å²) in [6.45, 7) is 3.93. The molecule has 1 heterocycles. The van der Waals surface area contributed by atoms with Crippen molar-refractivity contribution in [3.63, 3.8) is 0 Å². The van der Waals surface area contributed by atoms with Crippen molar-refractivity contribution in [2.45, 2.75) is 26.2 Å². The number of hydrogen-bond donors (Lipinski definition) is 1. The van der Waals surface area contributed by atoms with Crippen molar-refractivity contribution in [1.29, 1.82) is 0 Å². The summed E-state index contributed by atoms with van der Waals surface area (Å²) in [7, 11) is 0. The molecule has 114 valence electrons. The predicted molar refractivity (Wildman–Crippen MR) is 81.5 cm³/mol. The molecule has 0 bridgehead atoms. The van der Waals surface area contributed by atoms with E-state index in [2.05, 4.69) is 6.07 Å². The molecule has 0 atom stereocenters. The Bertz CT molecular complexity index is 516. The smallest absolute Gasteiger partial charge is 0.317 e. The van der Waals surface area contributed by atoms with Crippen LogP contribution in [-0.2, 0) is 16.0 Å². The molecule has 0 saturated carbocycles. The maximum Gasteiger partial charge on any atom is 0.317 e. The number of fused-ring (bicyclic) bond motifs is 1. The van der Waals surface area contributed by atoms with Gasteiger partial charge in [0.05, 0.1) is 6.54 Å². The van der Waals surface area contributed by atoms with E-state index in [1.807, 2.05) is 34.9 Å². The molecule has 0 radical (unpaired) electrons. The summed E-state index contributed by atoms with van der Waals surface area (Å²) in [4.78, 5) is 26.8. The number of carboxylic acids is 1. The first-order valence-corrected chi connectivity index (χ1v) is 7.44. The summed E-state index contributed by atoms with van der Waals surface area (Å²) >= 11 is 0. The van der Waals surface area contributed by atoms with Gasteiger partial charge in [0, 0.05) is 25.2 Å². The van der Waals surface area contributed by atoms with Crippen molar-refractivity contribution < 1.29 is 14.7 Å². The van der Waals surface area contributed by atoms with Crippen LogP contribution in [0.5, 0.6) is 0 Å². The second kappa shape index (κ2) is 7.22. The van der Waals surface area contributed by atoms with Crippen LogP contribution < -0.4 is 4.90 Å². The zero-order valence-electron chi connectivity index (χ0n) is 12.4. The minimum absolute atomic E-state index is 0.00227. The molecular weight excluding hydrogens is 268 g/mol. The van der Waals surface area contributed by atoms with Crippen molar-refractivity contribution in [3.05, 3.63) is 29.8 Å². The number of para-hydroxylation sites is 1. The van der Waals surface area contributed by atoms with E-state index in [1.165, 1.54) is 5.56 Å². The van der Waals surface area contributed by atoms with E-state index in [0.717, 1.165) is 25.1 Å². The lowest BCUT2D eigenvalue weighted by molar-refractivity contribution is -0.138. The van der Waals surface area contributed by atoms with Crippen LogP contribution in [0.3, 0.4) is 0 Å². The molecule has 1 aliphatic heterocycles. The van der Waals surface area contributed by atoms with Crippen molar-refractivity contribution in [3.8, 4) is 0 Å². The summed E-state index contributed by atoms with van der Waals surface area (Å²) < 4.78 is 0. The molecule has 0 spiro atoms. The van der Waals surface area contributed by atoms with Crippen LogP contribution >= 0.6 is 0 Å². The van der Waals surface area contributed by atoms with Gasteiger partial charge in [0.25, 0.3) is 0 Å². The lowest BCUT2D eigenvalue weighted by Crippen LogP contribution is -2.36. The summed E-state index contributed by atoms with van der Waals surface area (Å²) in [5, 5.41) is 8.88. The van der Waals surface area contributed by atoms with Crippen LogP contribution in [0.2, 0.25) is 0 Å². The fourth-order valence-electron chi connectivity index (χ4n) is 2.76. The average molecular weight is 290 g/mol. The first kappa shape index (κ1) is 15.5. The first-order valence-electron chi connectivity index (χ1n) is 7.44. The van der Waals surface area contributed by atoms with E-state index in [9.17, 15) is 9.59 Å². The molecule has 0 aliphatic carbocycles. The number of nitrogens with zero attached hydrogens (tertiary/aromatic N) is 2. The fraction of sp³-hybridized carbons (Fsp3) is 0.500. The number of amides is 1. The minimum Gasteiger partial charge on any atom is -0.480 e. The molecule has 0 unspecified atom stereocenters. The number of anilines is 1. The molecule has 0 fully saturated rings. The third-order valence-electron chi connectivity index (χ3n) is 3.73. The van der Waals surface area contributed by atoms with Crippen LogP contribution in [0.4, 0.5) is 5.69 Å². The number of rotatable bonds is 7. The fourth-order valence-corrected chi connectivity index (χ4v) is 2.76. The van der Waals surface area contributed by atoms with Gasteiger partial charge >= 0.3 is 5.97 Å². The number of carboxylic acid groups (broad SMARTS) is 1. The van der Waals surface area contributed by atoms with E-state index < -0.39 is 5.97 Å². The van der Waals surface area contributed by atoms with Crippen molar-refractivity contribution in [2.75, 3.05) is 31.1 Å². The van der Waals surface area contributed by atoms with Gasteiger partial charge in [0.15, 0.2) is 0 Å². The number of carbonyl (C=O) groups excluding carboxylic acids is 1. The van der Waals surface area contributed by atoms with E-state index in [1.54, 1.807) is 0 Å². The SMILES string of the molecule is CCCN(CCC(=O)N1CCc2ccccc21)CC(=O)O. The number of hydrogen-bond acceptors (Lipinski definition) is 3. The summed E-state index contributed by atoms with van der Waals surface area (Å²) in [6, 6.07) is 7.96. The molecule has 1 aliphatic rings. The highest BCUT2D eigenvalue weighted by Crippen LogP contribution is 2.27. The molecule has 1 aromatic rings. The molecule has 0 aromatic heterocycles. The molecule has 21 heavy (non-hydrogen) atoms. The molecule has 2 rings (SSSR count). The van der Waals surface area contributed by atoms with Gasteiger partial charge in [0.1, 0.15) is 0 Å². The lowest BCUT2D eigenvalue weighted by Gasteiger charge is -2.22. The van der Waals surface area contributed by atoms with E-state index >= 15 is 0 Å². The van der Waals surface area contributed by atoms with Gasteiger partial charge in [-0.25, -0.2) is 0 Å². The minimum atomic E-state index is -0.845. The maximum absolute atomic E-state index is 12.4. The Morgan fingerprint density at radius 2 is 2.05 bits per heavy atom. The van der Waals surface area contributed by atoms with Gasteiger partial charge in [-0.3, -0.25) is 14.5 Å². The van der Waals surface area contributed by atoms with E-state index in [0.29, 0.717) is 19.5 Å². The van der Waals surface area contributed by atoms with E-state index in [-0.39, 0.29) is 12.5 Å². The van der Waals surface area contributed by atoms with E-state index in [4.69, 9.17) is 5.11 Å². The second-order valence-corrected chi connectivity index (χ2v) is 5.34. The van der Waals surface area contributed by atoms with Crippen LogP contribution in [0, 0.1) is 0 Å². The van der Waals surface area contributed by atoms with Crippen LogP contribution in [-0.4, -0.2) is 48.1 Å². The Kier molecular flexibility index (Phi) is 5.33. The van der Waals surface area contributed by atoms with Gasteiger partial charge in [-0.05, 0) is 31.0 Å². The van der Waals surface area contributed by atoms with Gasteiger partial charge < -0.3 is 10.0 Å². The topological polar surface area (TPSA) is 60.9 Å². The predicted octanol–water partition coefficient (Wildman–Crippen LogP) is 1.76. The zero-order valence-corrected chi connectivity index (χ0v) is 12.4. The largest absolute Gasteiger partial charge is 0.480 e. The third kappa shape index (κ3) is 4.04. The molecule has 5 nitrogen and oxygen atoms in total. The van der Waals surface area contributed by atoms with Gasteiger partial charge in [-0.1, -0.05) is 25.1 Å². The quantitative estimate of drug-likeness (QED) is 0.831. The Morgan fingerprint density at radius 1 is 1.29 bits per heavy atom. The highest BCUT2D eigenvalue weighted by atomic mass is 16.4. The summed E-state index contributed by atoms with van der Waals surface area (Å²) in [5.74, 6) is -0.770. The molecule has 5 heteroatoms. The Balaban J connectivity index is 1.91. The molecule has 1 amide bonds. The van der Waals surface area contributed by atoms with Gasteiger partial charge in [-0.15, -0.1) is 0 Å². The highest BCUT2D eigenvalue weighted by molar-refractivity contribution is 5.95. The zero-order chi connectivity index (χ0) is 15.2. The number of carbonyl (C=O) groups is 2. The highest BCUT2D eigenvalue weighted by Gasteiger charge is 2.24. The molecule has 0 saturated heterocycles. The van der Waals surface area contributed by atoms with Gasteiger partial charge in [-0.2, -0.15) is 0 Å². The number of aliphatic carboxylic acids is 1. The monoisotopic (exact) mass is 290 g/mol. The summed E-state index contributed by atoms with van der Waals surface area (Å²) in [6.07, 6.45) is 2.14. The second-order valence-electron chi connectivity index (χ2n) is 5.34. The van der Waals surface area contributed by atoms with Crippen molar-refractivity contribution in [1.82, 2.24) is 4.90 Å². The van der Waals surface area contributed by atoms with Crippen molar-refractivity contribution in [2.24, 2.45) is 0 Å². The Labute approximate surface area is 125 Å². The van der Waals surface area contributed by atoms with Crippen LogP contribution in [0.1, 0.15) is 25.3 Å². The Hall–Kier alpha value is -1.88.